The Hall–Kier alpha value is -1.46. The van der Waals surface area contributed by atoms with Crippen molar-refractivity contribution in [2.75, 3.05) is 20.3 Å². The molecule has 1 rings (SSSR count). The number of hydrogen-bond acceptors (Lipinski definition) is 5. The van der Waals surface area contributed by atoms with Crippen molar-refractivity contribution in [3.63, 3.8) is 0 Å². The molecule has 0 saturated heterocycles. The molecule has 18 heavy (non-hydrogen) atoms. The molecular weight excluding hydrogens is 256 g/mol. The van der Waals surface area contributed by atoms with Crippen molar-refractivity contribution in [1.29, 1.82) is 5.26 Å². The number of nitriles is 1. The van der Waals surface area contributed by atoms with Crippen LogP contribution >= 0.6 is 0 Å². The van der Waals surface area contributed by atoms with Gasteiger partial charge in [-0.25, -0.2) is 13.1 Å². The molecule has 0 aromatic heterocycles. The summed E-state index contributed by atoms with van der Waals surface area (Å²) in [7, 11) is -2.45. The van der Waals surface area contributed by atoms with Gasteiger partial charge in [-0.2, -0.15) is 5.26 Å². The lowest BCUT2D eigenvalue weighted by atomic mass is 10.2. The van der Waals surface area contributed by atoms with Crippen LogP contribution in [0.1, 0.15) is 5.56 Å². The van der Waals surface area contributed by atoms with E-state index in [1.54, 1.807) is 6.07 Å². The number of methoxy groups -OCH3 is 1. The molecule has 1 aromatic carbocycles. The van der Waals surface area contributed by atoms with Crippen LogP contribution in [0.4, 0.5) is 0 Å². The number of nitrogens with zero attached hydrogens (tertiary/aromatic N) is 1. The predicted molar refractivity (Wildman–Crippen MR) is 64.2 cm³/mol. The molecule has 7 heteroatoms. The molecule has 0 saturated carbocycles. The summed E-state index contributed by atoms with van der Waals surface area (Å²) >= 11 is 0. The van der Waals surface area contributed by atoms with E-state index in [1.807, 2.05) is 6.07 Å². The minimum absolute atomic E-state index is 0.0461. The van der Waals surface area contributed by atoms with E-state index in [1.165, 1.54) is 25.3 Å². The number of benzene rings is 1. The van der Waals surface area contributed by atoms with Crippen molar-refractivity contribution >= 4 is 10.0 Å². The van der Waals surface area contributed by atoms with E-state index in [0.29, 0.717) is 0 Å². The number of rotatable bonds is 6. The number of ether oxygens (including phenoxy) is 1. The fourth-order valence-corrected chi connectivity index (χ4v) is 2.77. The van der Waals surface area contributed by atoms with Gasteiger partial charge in [0.2, 0.25) is 10.0 Å². The largest absolute Gasteiger partial charge is 0.395 e. The summed E-state index contributed by atoms with van der Waals surface area (Å²) in [6, 6.07) is 6.93. The zero-order valence-electron chi connectivity index (χ0n) is 9.83. The summed E-state index contributed by atoms with van der Waals surface area (Å²) in [5.41, 5.74) is 0.0547. The third kappa shape index (κ3) is 3.51. The number of aliphatic hydroxyl groups excluding tert-OH is 1. The normalized spacial score (nSPS) is 12.9. The van der Waals surface area contributed by atoms with E-state index in [-0.39, 0.29) is 23.7 Å². The van der Waals surface area contributed by atoms with E-state index in [0.717, 1.165) is 0 Å². The molecule has 1 aromatic rings. The Morgan fingerprint density at radius 3 is 2.72 bits per heavy atom. The van der Waals surface area contributed by atoms with E-state index in [2.05, 4.69) is 4.72 Å². The van der Waals surface area contributed by atoms with Gasteiger partial charge in [0, 0.05) is 7.11 Å². The Morgan fingerprint density at radius 1 is 1.50 bits per heavy atom. The molecule has 0 heterocycles. The maximum absolute atomic E-state index is 12.0. The maximum atomic E-state index is 12.0. The molecule has 0 aliphatic rings. The lowest BCUT2D eigenvalue weighted by Gasteiger charge is -2.15. The molecule has 0 spiro atoms. The van der Waals surface area contributed by atoms with Crippen LogP contribution in [-0.2, 0) is 14.8 Å². The Labute approximate surface area is 106 Å². The van der Waals surface area contributed by atoms with Crippen LogP contribution in [0.3, 0.4) is 0 Å². The van der Waals surface area contributed by atoms with E-state index in [9.17, 15) is 8.42 Å². The van der Waals surface area contributed by atoms with E-state index in [4.69, 9.17) is 15.1 Å². The second-order valence-corrected chi connectivity index (χ2v) is 5.25. The fraction of sp³-hybridized carbons (Fsp3) is 0.364. The van der Waals surface area contributed by atoms with Gasteiger partial charge in [-0.05, 0) is 12.1 Å². The van der Waals surface area contributed by atoms with Gasteiger partial charge < -0.3 is 9.84 Å². The summed E-state index contributed by atoms with van der Waals surface area (Å²) in [6.45, 7) is -0.341. The second kappa shape index (κ2) is 6.47. The Balaban J connectivity index is 3.03. The zero-order chi connectivity index (χ0) is 13.6. The highest BCUT2D eigenvalue weighted by Gasteiger charge is 2.22. The third-order valence-corrected chi connectivity index (χ3v) is 3.79. The minimum atomic E-state index is -3.85. The standard InChI is InChI=1S/C11H14N2O4S/c1-17-8-10(7-14)13-18(15,16)11-5-3-2-4-9(11)6-12/h2-5,10,13-14H,7-8H2,1H3. The van der Waals surface area contributed by atoms with Crippen LogP contribution in [0.2, 0.25) is 0 Å². The Morgan fingerprint density at radius 2 is 2.17 bits per heavy atom. The summed E-state index contributed by atoms with van der Waals surface area (Å²) in [5, 5.41) is 17.9. The quantitative estimate of drug-likeness (QED) is 0.748. The highest BCUT2D eigenvalue weighted by molar-refractivity contribution is 7.89. The molecule has 0 aliphatic heterocycles. The number of hydrogen-bond donors (Lipinski definition) is 2. The van der Waals surface area contributed by atoms with Gasteiger partial charge in [0.25, 0.3) is 0 Å². The fourth-order valence-electron chi connectivity index (χ4n) is 1.40. The van der Waals surface area contributed by atoms with Gasteiger partial charge in [0.1, 0.15) is 6.07 Å². The molecule has 0 bridgehead atoms. The Kier molecular flexibility index (Phi) is 5.25. The van der Waals surface area contributed by atoms with Crippen molar-refractivity contribution in [2.45, 2.75) is 10.9 Å². The lowest BCUT2D eigenvalue weighted by molar-refractivity contribution is 0.139. The van der Waals surface area contributed by atoms with Gasteiger partial charge in [-0.3, -0.25) is 0 Å². The van der Waals surface area contributed by atoms with Crippen LogP contribution in [-0.4, -0.2) is 39.9 Å². The molecule has 0 fully saturated rings. The first-order valence-electron chi connectivity index (χ1n) is 5.16. The van der Waals surface area contributed by atoms with E-state index < -0.39 is 16.1 Å². The van der Waals surface area contributed by atoms with Crippen molar-refractivity contribution in [1.82, 2.24) is 4.72 Å². The van der Waals surface area contributed by atoms with Crippen LogP contribution in [0.15, 0.2) is 29.2 Å². The lowest BCUT2D eigenvalue weighted by Crippen LogP contribution is -2.40. The minimum Gasteiger partial charge on any atom is -0.395 e. The molecule has 0 radical (unpaired) electrons. The topological polar surface area (TPSA) is 99.4 Å². The maximum Gasteiger partial charge on any atom is 0.242 e. The highest BCUT2D eigenvalue weighted by Crippen LogP contribution is 2.14. The first-order valence-corrected chi connectivity index (χ1v) is 6.64. The van der Waals surface area contributed by atoms with Crippen molar-refractivity contribution < 1.29 is 18.3 Å². The smallest absolute Gasteiger partial charge is 0.242 e. The number of aliphatic hydroxyl groups is 1. The Bertz CT molecular complexity index is 536. The molecular formula is C11H14N2O4S. The molecule has 0 aliphatic carbocycles. The predicted octanol–water partition coefficient (Wildman–Crippen LogP) is -0.156. The highest BCUT2D eigenvalue weighted by atomic mass is 32.2. The first-order chi connectivity index (χ1) is 8.55. The SMILES string of the molecule is COCC(CO)NS(=O)(=O)c1ccccc1C#N. The molecule has 98 valence electrons. The van der Waals surface area contributed by atoms with Gasteiger partial charge in [0.15, 0.2) is 0 Å². The van der Waals surface area contributed by atoms with Crippen LogP contribution in [0.25, 0.3) is 0 Å². The van der Waals surface area contributed by atoms with Crippen LogP contribution in [0, 0.1) is 11.3 Å². The number of nitrogens with one attached hydrogen (secondary N) is 1. The molecule has 1 atom stereocenters. The first kappa shape index (κ1) is 14.6. The summed E-state index contributed by atoms with van der Waals surface area (Å²) < 4.78 is 31.1. The second-order valence-electron chi connectivity index (χ2n) is 3.56. The average molecular weight is 270 g/mol. The third-order valence-electron chi connectivity index (χ3n) is 2.21. The summed E-state index contributed by atoms with van der Waals surface area (Å²) in [4.78, 5) is -0.109. The molecule has 6 nitrogen and oxygen atoms in total. The van der Waals surface area contributed by atoms with Crippen molar-refractivity contribution in [2.24, 2.45) is 0 Å². The summed E-state index contributed by atoms with van der Waals surface area (Å²) in [5.74, 6) is 0. The van der Waals surface area contributed by atoms with Crippen LogP contribution < -0.4 is 4.72 Å². The van der Waals surface area contributed by atoms with Crippen LogP contribution in [0.5, 0.6) is 0 Å². The van der Waals surface area contributed by atoms with Gasteiger partial charge in [0.05, 0.1) is 29.7 Å². The average Bonchev–Trinajstić information content (AvgIpc) is 2.38. The van der Waals surface area contributed by atoms with Gasteiger partial charge in [-0.1, -0.05) is 12.1 Å². The van der Waals surface area contributed by atoms with E-state index >= 15 is 0 Å². The molecule has 0 amide bonds. The molecule has 2 N–H and O–H groups in total. The van der Waals surface area contributed by atoms with Crippen molar-refractivity contribution in [3.8, 4) is 6.07 Å². The van der Waals surface area contributed by atoms with Gasteiger partial charge in [-0.15, -0.1) is 0 Å². The zero-order valence-corrected chi connectivity index (χ0v) is 10.6. The molecule has 1 unspecified atom stereocenters. The monoisotopic (exact) mass is 270 g/mol. The summed E-state index contributed by atoms with van der Waals surface area (Å²) in [6.07, 6.45) is 0. The number of sulfonamides is 1. The van der Waals surface area contributed by atoms with Crippen molar-refractivity contribution in [3.05, 3.63) is 29.8 Å². The van der Waals surface area contributed by atoms with Gasteiger partial charge >= 0.3 is 0 Å².